The van der Waals surface area contributed by atoms with Gasteiger partial charge in [-0.25, -0.2) is 0 Å². The molecule has 1 aliphatic carbocycles. The molecule has 3 atom stereocenters. The summed E-state index contributed by atoms with van der Waals surface area (Å²) in [6.45, 7) is 13.6. The molecule has 2 rings (SSSR count). The number of rotatable bonds is 2. The lowest BCUT2D eigenvalue weighted by Crippen LogP contribution is -2.26. The van der Waals surface area contributed by atoms with E-state index in [4.69, 9.17) is 5.73 Å². The lowest BCUT2D eigenvalue weighted by molar-refractivity contribution is 0.349. The van der Waals surface area contributed by atoms with Crippen molar-refractivity contribution in [2.75, 3.05) is 0 Å². The van der Waals surface area contributed by atoms with Gasteiger partial charge in [-0.2, -0.15) is 0 Å². The second-order valence-electron chi connectivity index (χ2n) is 6.64. The van der Waals surface area contributed by atoms with E-state index in [0.29, 0.717) is 5.92 Å². The van der Waals surface area contributed by atoms with E-state index in [-0.39, 0.29) is 6.04 Å². The van der Waals surface area contributed by atoms with Crippen LogP contribution in [0, 0.1) is 46.5 Å². The van der Waals surface area contributed by atoms with E-state index >= 15 is 0 Å². The standard InChI is InChI=1S/C18H29N/c1-10-8-7-9-16(10)18(19)17-14(5)12(3)11(2)13(4)15(17)6/h10,16,18H,7-9,19H2,1-6H3. The lowest BCUT2D eigenvalue weighted by atomic mass is 9.79. The van der Waals surface area contributed by atoms with Crippen molar-refractivity contribution in [1.29, 1.82) is 0 Å². The molecule has 0 amide bonds. The first kappa shape index (κ1) is 14.6. The minimum absolute atomic E-state index is 0.218. The Hall–Kier alpha value is -0.820. The van der Waals surface area contributed by atoms with Crippen molar-refractivity contribution in [2.45, 2.75) is 66.8 Å². The number of hydrogen-bond donors (Lipinski definition) is 1. The van der Waals surface area contributed by atoms with Gasteiger partial charge in [-0.05, 0) is 86.3 Å². The van der Waals surface area contributed by atoms with E-state index in [1.165, 1.54) is 52.6 Å². The summed E-state index contributed by atoms with van der Waals surface area (Å²) in [4.78, 5) is 0. The Balaban J connectivity index is 2.50. The Morgan fingerprint density at radius 3 is 1.74 bits per heavy atom. The second kappa shape index (κ2) is 5.28. The zero-order chi connectivity index (χ0) is 14.3. The highest BCUT2D eigenvalue weighted by Crippen LogP contribution is 2.41. The molecular weight excluding hydrogens is 230 g/mol. The molecule has 19 heavy (non-hydrogen) atoms. The van der Waals surface area contributed by atoms with Gasteiger partial charge in [0.25, 0.3) is 0 Å². The van der Waals surface area contributed by atoms with Gasteiger partial charge in [-0.1, -0.05) is 19.8 Å². The van der Waals surface area contributed by atoms with Crippen LogP contribution in [0.25, 0.3) is 0 Å². The van der Waals surface area contributed by atoms with Crippen LogP contribution in [-0.2, 0) is 0 Å². The third-order valence-corrected chi connectivity index (χ3v) is 5.78. The maximum atomic E-state index is 6.68. The summed E-state index contributed by atoms with van der Waals surface area (Å²) in [5, 5.41) is 0. The largest absolute Gasteiger partial charge is 0.324 e. The highest BCUT2D eigenvalue weighted by atomic mass is 14.7. The Bertz CT molecular complexity index is 458. The molecular formula is C18H29N. The molecule has 0 aromatic heterocycles. The first-order valence-electron chi connectivity index (χ1n) is 7.68. The van der Waals surface area contributed by atoms with E-state index in [9.17, 15) is 0 Å². The van der Waals surface area contributed by atoms with Crippen LogP contribution in [0.4, 0.5) is 0 Å². The molecule has 0 bridgehead atoms. The maximum absolute atomic E-state index is 6.68. The number of benzene rings is 1. The Morgan fingerprint density at radius 2 is 1.32 bits per heavy atom. The van der Waals surface area contributed by atoms with Crippen LogP contribution >= 0.6 is 0 Å². The third kappa shape index (κ3) is 2.33. The molecule has 1 saturated carbocycles. The molecule has 1 fully saturated rings. The van der Waals surface area contributed by atoms with Crippen molar-refractivity contribution >= 4 is 0 Å². The van der Waals surface area contributed by atoms with Crippen molar-refractivity contribution in [3.05, 3.63) is 33.4 Å². The Labute approximate surface area is 118 Å². The van der Waals surface area contributed by atoms with Crippen molar-refractivity contribution < 1.29 is 0 Å². The fourth-order valence-corrected chi connectivity index (χ4v) is 3.95. The van der Waals surface area contributed by atoms with Gasteiger partial charge in [0.15, 0.2) is 0 Å². The van der Waals surface area contributed by atoms with Crippen molar-refractivity contribution in [3.8, 4) is 0 Å². The quantitative estimate of drug-likeness (QED) is 0.821. The van der Waals surface area contributed by atoms with Gasteiger partial charge in [-0.15, -0.1) is 0 Å². The van der Waals surface area contributed by atoms with Gasteiger partial charge in [0, 0.05) is 6.04 Å². The van der Waals surface area contributed by atoms with Crippen molar-refractivity contribution in [3.63, 3.8) is 0 Å². The second-order valence-corrected chi connectivity index (χ2v) is 6.64. The zero-order valence-corrected chi connectivity index (χ0v) is 13.4. The zero-order valence-electron chi connectivity index (χ0n) is 13.4. The van der Waals surface area contributed by atoms with E-state index in [1.54, 1.807) is 0 Å². The van der Waals surface area contributed by atoms with Gasteiger partial charge < -0.3 is 5.73 Å². The molecule has 0 radical (unpaired) electrons. The minimum Gasteiger partial charge on any atom is -0.324 e. The monoisotopic (exact) mass is 259 g/mol. The predicted molar refractivity (Wildman–Crippen MR) is 83.6 cm³/mol. The van der Waals surface area contributed by atoms with Gasteiger partial charge in [0.2, 0.25) is 0 Å². The predicted octanol–water partition coefficient (Wildman–Crippen LogP) is 4.66. The molecule has 3 unspecified atom stereocenters. The Kier molecular flexibility index (Phi) is 4.06. The average molecular weight is 259 g/mol. The van der Waals surface area contributed by atoms with Crippen molar-refractivity contribution in [2.24, 2.45) is 17.6 Å². The molecule has 1 nitrogen and oxygen atoms in total. The van der Waals surface area contributed by atoms with E-state index in [1.807, 2.05) is 0 Å². The summed E-state index contributed by atoms with van der Waals surface area (Å²) in [6, 6.07) is 0.218. The smallest absolute Gasteiger partial charge is 0.0331 e. The van der Waals surface area contributed by atoms with Crippen LogP contribution in [0.15, 0.2) is 0 Å². The molecule has 2 N–H and O–H groups in total. The molecule has 0 heterocycles. The molecule has 0 saturated heterocycles. The molecule has 0 spiro atoms. The summed E-state index contributed by atoms with van der Waals surface area (Å²) >= 11 is 0. The minimum atomic E-state index is 0.218. The average Bonchev–Trinajstić information content (AvgIpc) is 2.80. The number of hydrogen-bond acceptors (Lipinski definition) is 1. The Morgan fingerprint density at radius 1 is 0.842 bits per heavy atom. The van der Waals surface area contributed by atoms with Crippen LogP contribution in [0.3, 0.4) is 0 Å². The maximum Gasteiger partial charge on any atom is 0.0331 e. The summed E-state index contributed by atoms with van der Waals surface area (Å²) in [7, 11) is 0. The molecule has 1 aliphatic rings. The fourth-order valence-electron chi connectivity index (χ4n) is 3.95. The molecule has 1 aromatic carbocycles. The topological polar surface area (TPSA) is 26.0 Å². The first-order valence-corrected chi connectivity index (χ1v) is 7.68. The van der Waals surface area contributed by atoms with E-state index in [0.717, 1.165) is 5.92 Å². The summed E-state index contributed by atoms with van der Waals surface area (Å²) in [6.07, 6.45) is 3.99. The normalized spacial score (nSPS) is 24.8. The molecule has 0 aliphatic heterocycles. The summed E-state index contributed by atoms with van der Waals surface area (Å²) < 4.78 is 0. The highest BCUT2D eigenvalue weighted by molar-refractivity contribution is 5.50. The van der Waals surface area contributed by atoms with Gasteiger partial charge >= 0.3 is 0 Å². The van der Waals surface area contributed by atoms with Gasteiger partial charge in [-0.3, -0.25) is 0 Å². The van der Waals surface area contributed by atoms with Crippen LogP contribution in [-0.4, -0.2) is 0 Å². The van der Waals surface area contributed by atoms with Crippen LogP contribution in [0.5, 0.6) is 0 Å². The third-order valence-electron chi connectivity index (χ3n) is 5.78. The summed E-state index contributed by atoms with van der Waals surface area (Å²) in [5.41, 5.74) is 15.3. The van der Waals surface area contributed by atoms with Crippen LogP contribution < -0.4 is 5.73 Å². The van der Waals surface area contributed by atoms with E-state index < -0.39 is 0 Å². The van der Waals surface area contributed by atoms with Gasteiger partial charge in [0.1, 0.15) is 0 Å². The summed E-state index contributed by atoms with van der Waals surface area (Å²) in [5.74, 6) is 1.44. The highest BCUT2D eigenvalue weighted by Gasteiger charge is 2.31. The first-order chi connectivity index (χ1) is 8.86. The molecule has 1 aromatic rings. The van der Waals surface area contributed by atoms with E-state index in [2.05, 4.69) is 41.5 Å². The van der Waals surface area contributed by atoms with Crippen LogP contribution in [0.2, 0.25) is 0 Å². The lowest BCUT2D eigenvalue weighted by Gasteiger charge is -2.29. The van der Waals surface area contributed by atoms with Crippen LogP contribution in [0.1, 0.15) is 65.6 Å². The molecule has 106 valence electrons. The number of nitrogens with two attached hydrogens (primary N) is 1. The molecule has 1 heteroatoms. The van der Waals surface area contributed by atoms with Crippen molar-refractivity contribution in [1.82, 2.24) is 0 Å². The van der Waals surface area contributed by atoms with Gasteiger partial charge in [0.05, 0.1) is 0 Å². The SMILES string of the molecule is Cc1c(C)c(C)c(C(N)C2CCCC2C)c(C)c1C. The fraction of sp³-hybridized carbons (Fsp3) is 0.667.